The number of carboxylic acid groups (broad SMARTS) is 1. The third-order valence-electron chi connectivity index (χ3n) is 1.55. The molecule has 0 bridgehead atoms. The maximum absolute atomic E-state index is 10.7. The number of hydrogen-bond donors (Lipinski definition) is 2. The average molecular weight is 205 g/mol. The van der Waals surface area contributed by atoms with Gasteiger partial charge in [-0.3, -0.25) is 4.79 Å². The molecular formula is C8H15NO5. The normalized spacial score (nSPS) is 14.5. The van der Waals surface area contributed by atoms with E-state index in [1.54, 1.807) is 0 Å². The first-order chi connectivity index (χ1) is 6.49. The Kier molecular flexibility index (Phi) is 5.82. The van der Waals surface area contributed by atoms with E-state index in [9.17, 15) is 9.59 Å². The van der Waals surface area contributed by atoms with E-state index in [1.165, 1.54) is 14.0 Å². The van der Waals surface area contributed by atoms with Crippen LogP contribution in [0.15, 0.2) is 0 Å². The van der Waals surface area contributed by atoms with Gasteiger partial charge in [-0.1, -0.05) is 0 Å². The van der Waals surface area contributed by atoms with Crippen LogP contribution in [0.4, 0.5) is 0 Å². The SMILES string of the molecule is COC(=O)CCO[C@H](C(=O)O)C(C)N. The number of aliphatic carboxylic acids is 1. The molecule has 0 aromatic heterocycles. The summed E-state index contributed by atoms with van der Waals surface area (Å²) in [5, 5.41) is 8.64. The molecular weight excluding hydrogens is 190 g/mol. The molecule has 3 N–H and O–H groups in total. The van der Waals surface area contributed by atoms with E-state index in [0.717, 1.165) is 0 Å². The molecule has 2 atom stereocenters. The molecule has 0 fully saturated rings. The first kappa shape index (κ1) is 12.9. The summed E-state index contributed by atoms with van der Waals surface area (Å²) in [5.41, 5.74) is 5.36. The van der Waals surface area contributed by atoms with Gasteiger partial charge in [-0.2, -0.15) is 0 Å². The fourth-order valence-corrected chi connectivity index (χ4v) is 0.819. The molecule has 0 amide bonds. The molecule has 0 radical (unpaired) electrons. The Morgan fingerprint density at radius 3 is 2.43 bits per heavy atom. The highest BCUT2D eigenvalue weighted by Crippen LogP contribution is 1.99. The van der Waals surface area contributed by atoms with E-state index in [4.69, 9.17) is 15.6 Å². The molecule has 1 unspecified atom stereocenters. The van der Waals surface area contributed by atoms with Crippen molar-refractivity contribution in [1.82, 2.24) is 0 Å². The zero-order valence-corrected chi connectivity index (χ0v) is 8.23. The van der Waals surface area contributed by atoms with Gasteiger partial charge in [0.2, 0.25) is 0 Å². The van der Waals surface area contributed by atoms with Crippen molar-refractivity contribution in [2.45, 2.75) is 25.5 Å². The van der Waals surface area contributed by atoms with E-state index in [0.29, 0.717) is 0 Å². The maximum Gasteiger partial charge on any atom is 0.334 e. The molecule has 0 saturated carbocycles. The van der Waals surface area contributed by atoms with Crippen molar-refractivity contribution in [1.29, 1.82) is 0 Å². The lowest BCUT2D eigenvalue weighted by molar-refractivity contribution is -0.154. The number of carboxylic acids is 1. The van der Waals surface area contributed by atoms with Crippen molar-refractivity contribution in [3.05, 3.63) is 0 Å². The van der Waals surface area contributed by atoms with Crippen molar-refractivity contribution < 1.29 is 24.2 Å². The van der Waals surface area contributed by atoms with E-state index < -0.39 is 24.1 Å². The lowest BCUT2D eigenvalue weighted by Gasteiger charge is -2.16. The van der Waals surface area contributed by atoms with Gasteiger partial charge in [0, 0.05) is 6.04 Å². The summed E-state index contributed by atoms with van der Waals surface area (Å²) in [7, 11) is 1.25. The topological polar surface area (TPSA) is 98.8 Å². The number of nitrogens with two attached hydrogens (primary N) is 1. The van der Waals surface area contributed by atoms with Gasteiger partial charge in [0.25, 0.3) is 0 Å². The Balaban J connectivity index is 3.84. The fourth-order valence-electron chi connectivity index (χ4n) is 0.819. The number of hydrogen-bond acceptors (Lipinski definition) is 5. The van der Waals surface area contributed by atoms with Gasteiger partial charge in [-0.05, 0) is 6.92 Å². The zero-order valence-electron chi connectivity index (χ0n) is 8.23. The summed E-state index contributed by atoms with van der Waals surface area (Å²) in [6.45, 7) is 1.52. The molecule has 0 aliphatic heterocycles. The van der Waals surface area contributed by atoms with Gasteiger partial charge < -0.3 is 20.3 Å². The summed E-state index contributed by atoms with van der Waals surface area (Å²) >= 11 is 0. The van der Waals surface area contributed by atoms with Crippen molar-refractivity contribution in [2.24, 2.45) is 5.73 Å². The van der Waals surface area contributed by atoms with Crippen LogP contribution in [0.25, 0.3) is 0 Å². The van der Waals surface area contributed by atoms with Crippen LogP contribution in [0.3, 0.4) is 0 Å². The molecule has 0 aromatic carbocycles. The van der Waals surface area contributed by atoms with Gasteiger partial charge >= 0.3 is 11.9 Å². The van der Waals surface area contributed by atoms with Crippen molar-refractivity contribution in [2.75, 3.05) is 13.7 Å². The molecule has 14 heavy (non-hydrogen) atoms. The maximum atomic E-state index is 10.7. The number of carbonyl (C=O) groups excluding carboxylic acids is 1. The molecule has 6 nitrogen and oxygen atoms in total. The summed E-state index contributed by atoms with van der Waals surface area (Å²) in [5.74, 6) is -1.58. The first-order valence-corrected chi connectivity index (χ1v) is 4.15. The number of carbonyl (C=O) groups is 2. The van der Waals surface area contributed by atoms with Gasteiger partial charge in [0.05, 0.1) is 20.1 Å². The third-order valence-corrected chi connectivity index (χ3v) is 1.55. The first-order valence-electron chi connectivity index (χ1n) is 4.15. The zero-order chi connectivity index (χ0) is 11.1. The van der Waals surface area contributed by atoms with E-state index in [-0.39, 0.29) is 13.0 Å². The Bertz CT molecular complexity index is 204. The van der Waals surface area contributed by atoms with Crippen molar-refractivity contribution in [3.8, 4) is 0 Å². The summed E-state index contributed by atoms with van der Waals surface area (Å²) in [4.78, 5) is 21.2. The third kappa shape index (κ3) is 4.78. The molecule has 0 spiro atoms. The highest BCUT2D eigenvalue weighted by Gasteiger charge is 2.22. The minimum absolute atomic E-state index is 0.00875. The Hall–Kier alpha value is -1.14. The van der Waals surface area contributed by atoms with Gasteiger partial charge in [0.1, 0.15) is 0 Å². The van der Waals surface area contributed by atoms with Crippen LogP contribution in [-0.4, -0.2) is 42.9 Å². The molecule has 0 aliphatic carbocycles. The molecule has 0 aromatic rings. The highest BCUT2D eigenvalue weighted by molar-refractivity contribution is 5.73. The second-order valence-corrected chi connectivity index (χ2v) is 2.81. The predicted octanol–water partition coefficient (Wildman–Crippen LogP) is -0.633. The van der Waals surface area contributed by atoms with Crippen LogP contribution in [0, 0.1) is 0 Å². The van der Waals surface area contributed by atoms with Gasteiger partial charge in [0.15, 0.2) is 6.10 Å². The monoisotopic (exact) mass is 205 g/mol. The summed E-state index contributed by atoms with van der Waals surface area (Å²) in [6, 6.07) is -0.620. The summed E-state index contributed by atoms with van der Waals surface area (Å²) < 4.78 is 9.27. The molecule has 0 aliphatic rings. The van der Waals surface area contributed by atoms with Crippen molar-refractivity contribution >= 4 is 11.9 Å². The van der Waals surface area contributed by atoms with E-state index in [2.05, 4.69) is 4.74 Å². The smallest absolute Gasteiger partial charge is 0.334 e. The van der Waals surface area contributed by atoms with Crippen LogP contribution in [-0.2, 0) is 19.1 Å². The van der Waals surface area contributed by atoms with E-state index >= 15 is 0 Å². The Labute approximate surface area is 82.0 Å². The molecule has 6 heteroatoms. The summed E-state index contributed by atoms with van der Waals surface area (Å²) in [6.07, 6.45) is -1.06. The van der Waals surface area contributed by atoms with Crippen LogP contribution in [0.5, 0.6) is 0 Å². The highest BCUT2D eigenvalue weighted by atomic mass is 16.5. The van der Waals surface area contributed by atoms with Crippen LogP contribution >= 0.6 is 0 Å². The second kappa shape index (κ2) is 6.33. The number of rotatable bonds is 6. The predicted molar refractivity (Wildman–Crippen MR) is 47.7 cm³/mol. The number of methoxy groups -OCH3 is 1. The lowest BCUT2D eigenvalue weighted by Crippen LogP contribution is -2.40. The van der Waals surface area contributed by atoms with Gasteiger partial charge in [-0.15, -0.1) is 0 Å². The largest absolute Gasteiger partial charge is 0.479 e. The quantitative estimate of drug-likeness (QED) is 0.560. The van der Waals surface area contributed by atoms with Crippen LogP contribution in [0.1, 0.15) is 13.3 Å². The number of esters is 1. The number of ether oxygens (including phenoxy) is 2. The van der Waals surface area contributed by atoms with E-state index in [1.807, 2.05) is 0 Å². The Morgan fingerprint density at radius 1 is 1.50 bits per heavy atom. The fraction of sp³-hybridized carbons (Fsp3) is 0.750. The van der Waals surface area contributed by atoms with Crippen LogP contribution in [0.2, 0.25) is 0 Å². The standard InChI is InChI=1S/C8H15NO5/c1-5(9)7(8(11)12)14-4-3-6(10)13-2/h5,7H,3-4,9H2,1-2H3,(H,11,12)/t5?,7-/m0/s1. The molecule has 0 heterocycles. The Morgan fingerprint density at radius 2 is 2.07 bits per heavy atom. The minimum atomic E-state index is -1.13. The van der Waals surface area contributed by atoms with Crippen LogP contribution < -0.4 is 5.73 Å². The molecule has 0 saturated heterocycles. The van der Waals surface area contributed by atoms with Crippen molar-refractivity contribution in [3.63, 3.8) is 0 Å². The second-order valence-electron chi connectivity index (χ2n) is 2.81. The molecule has 82 valence electrons. The minimum Gasteiger partial charge on any atom is -0.479 e. The lowest BCUT2D eigenvalue weighted by atomic mass is 10.2. The molecule has 0 rings (SSSR count). The average Bonchev–Trinajstić information content (AvgIpc) is 2.10. The van der Waals surface area contributed by atoms with Gasteiger partial charge in [-0.25, -0.2) is 4.79 Å².